The van der Waals surface area contributed by atoms with E-state index in [0.29, 0.717) is 0 Å². The van der Waals surface area contributed by atoms with Crippen molar-refractivity contribution in [2.45, 2.75) is 6.18 Å². The van der Waals surface area contributed by atoms with Crippen LogP contribution < -0.4 is 9.64 Å². The van der Waals surface area contributed by atoms with Crippen LogP contribution in [0.2, 0.25) is 10.0 Å². The van der Waals surface area contributed by atoms with E-state index >= 15 is 0 Å². The molecule has 1 saturated heterocycles. The zero-order chi connectivity index (χ0) is 25.4. The molecule has 1 aliphatic rings. The summed E-state index contributed by atoms with van der Waals surface area (Å²) in [5, 5.41) is 23.2. The lowest BCUT2D eigenvalue weighted by Gasteiger charge is -2.35. The molecule has 0 spiro atoms. The number of ether oxygens (including phenoxy) is 1. The maximum Gasteiger partial charge on any atom is 0.416 e. The number of hydrogen-bond acceptors (Lipinski definition) is 7. The fourth-order valence-corrected chi connectivity index (χ4v) is 4.21. The lowest BCUT2D eigenvalue weighted by molar-refractivity contribution is -0.393. The number of nitro benzene ring substituents is 2. The highest BCUT2D eigenvalue weighted by Crippen LogP contribution is 2.43. The van der Waals surface area contributed by atoms with E-state index in [-0.39, 0.29) is 59.7 Å². The molecule has 0 aromatic heterocycles. The number of carbonyl (C=O) groups excluding carboxylic acids is 1. The number of benzene rings is 2. The van der Waals surface area contributed by atoms with Crippen LogP contribution in [0.1, 0.15) is 15.9 Å². The van der Waals surface area contributed by atoms with Crippen LogP contribution in [0.3, 0.4) is 0 Å². The van der Waals surface area contributed by atoms with Gasteiger partial charge in [-0.2, -0.15) is 13.2 Å². The Labute approximate surface area is 199 Å². The molecule has 10 nitrogen and oxygen atoms in total. The van der Waals surface area contributed by atoms with Gasteiger partial charge in [0.1, 0.15) is 0 Å². The zero-order valence-corrected chi connectivity index (χ0v) is 18.8. The molecule has 0 bridgehead atoms. The van der Waals surface area contributed by atoms with Crippen molar-refractivity contribution >= 4 is 46.2 Å². The lowest BCUT2D eigenvalue weighted by Crippen LogP contribution is -2.49. The van der Waals surface area contributed by atoms with Gasteiger partial charge in [0.25, 0.3) is 17.3 Å². The van der Waals surface area contributed by atoms with Gasteiger partial charge < -0.3 is 14.5 Å². The van der Waals surface area contributed by atoms with Gasteiger partial charge in [-0.1, -0.05) is 23.2 Å². The van der Waals surface area contributed by atoms with Gasteiger partial charge in [-0.15, -0.1) is 0 Å². The minimum absolute atomic E-state index is 0.0184. The number of rotatable bonds is 5. The summed E-state index contributed by atoms with van der Waals surface area (Å²) in [4.78, 5) is 36.2. The minimum atomic E-state index is -5.01. The number of methoxy groups -OCH3 is 1. The van der Waals surface area contributed by atoms with Gasteiger partial charge in [-0.05, 0) is 12.1 Å². The molecule has 0 radical (unpaired) electrons. The molecule has 1 fully saturated rings. The third-order valence-corrected chi connectivity index (χ3v) is 5.68. The number of hydrogen-bond donors (Lipinski definition) is 0. The number of anilines is 1. The summed E-state index contributed by atoms with van der Waals surface area (Å²) in [7, 11) is 1.35. The van der Waals surface area contributed by atoms with Crippen LogP contribution in [0.15, 0.2) is 24.3 Å². The molecule has 0 atom stereocenters. The van der Waals surface area contributed by atoms with Crippen molar-refractivity contribution in [3.8, 4) is 5.75 Å². The SMILES string of the molecule is COc1c(Cl)cc(C(=O)N2CCN(c3c([N+](=O)[O-])cc(C(F)(F)F)cc3[N+](=O)[O-])CC2)cc1Cl. The standard InChI is InChI=1S/C19H15Cl2F3N4O6/c1-34-17-12(20)6-10(7-13(17)21)18(29)26-4-2-25(3-5-26)16-14(27(30)31)8-11(19(22,23)24)9-15(16)28(32)33/h6-9H,2-5H2,1H3. The van der Waals surface area contributed by atoms with Crippen molar-refractivity contribution in [1.29, 1.82) is 0 Å². The summed E-state index contributed by atoms with van der Waals surface area (Å²) >= 11 is 12.1. The number of halogens is 5. The summed E-state index contributed by atoms with van der Waals surface area (Å²) in [5.74, 6) is -0.283. The molecule has 182 valence electrons. The second kappa shape index (κ2) is 9.50. The van der Waals surface area contributed by atoms with E-state index in [9.17, 15) is 38.2 Å². The van der Waals surface area contributed by atoms with E-state index in [2.05, 4.69) is 0 Å². The molecule has 34 heavy (non-hydrogen) atoms. The molecule has 2 aromatic carbocycles. The Balaban J connectivity index is 1.90. The summed E-state index contributed by atoms with van der Waals surface area (Å²) in [6.07, 6.45) is -5.01. The third-order valence-electron chi connectivity index (χ3n) is 5.12. The maximum atomic E-state index is 13.1. The summed E-state index contributed by atoms with van der Waals surface area (Å²) in [6.45, 7) is -0.238. The zero-order valence-electron chi connectivity index (χ0n) is 17.3. The highest BCUT2D eigenvalue weighted by Gasteiger charge is 2.40. The first-order valence-corrected chi connectivity index (χ1v) is 10.2. The molecule has 3 rings (SSSR count). The van der Waals surface area contributed by atoms with Crippen molar-refractivity contribution < 1.29 is 32.5 Å². The third kappa shape index (κ3) is 4.94. The summed E-state index contributed by atoms with van der Waals surface area (Å²) in [5.41, 5.74) is -4.00. The molecule has 1 heterocycles. The van der Waals surface area contributed by atoms with Crippen LogP contribution in [-0.2, 0) is 6.18 Å². The van der Waals surface area contributed by atoms with Gasteiger partial charge in [-0.25, -0.2) is 0 Å². The minimum Gasteiger partial charge on any atom is -0.494 e. The largest absolute Gasteiger partial charge is 0.494 e. The summed E-state index contributed by atoms with van der Waals surface area (Å²) < 4.78 is 44.4. The van der Waals surface area contributed by atoms with E-state index in [1.807, 2.05) is 0 Å². The predicted molar refractivity (Wildman–Crippen MR) is 116 cm³/mol. The first-order valence-electron chi connectivity index (χ1n) is 9.46. The number of nitro groups is 2. The number of piperazine rings is 1. The number of nitrogens with zero attached hydrogens (tertiary/aromatic N) is 4. The first-order chi connectivity index (χ1) is 15.8. The molecule has 0 N–H and O–H groups in total. The number of carbonyl (C=O) groups is 1. The quantitative estimate of drug-likeness (QED) is 0.408. The van der Waals surface area contributed by atoms with Crippen LogP contribution in [0.25, 0.3) is 0 Å². The average Bonchev–Trinajstić information content (AvgIpc) is 2.76. The van der Waals surface area contributed by atoms with Crippen LogP contribution in [-0.4, -0.2) is 53.9 Å². The Morgan fingerprint density at radius 2 is 1.44 bits per heavy atom. The molecule has 0 saturated carbocycles. The topological polar surface area (TPSA) is 119 Å². The second-order valence-electron chi connectivity index (χ2n) is 7.13. The van der Waals surface area contributed by atoms with Crippen molar-refractivity contribution in [3.05, 3.63) is 65.7 Å². The smallest absolute Gasteiger partial charge is 0.416 e. The maximum absolute atomic E-state index is 13.1. The van der Waals surface area contributed by atoms with E-state index in [4.69, 9.17) is 27.9 Å². The van der Waals surface area contributed by atoms with Crippen molar-refractivity contribution in [1.82, 2.24) is 4.90 Å². The Morgan fingerprint density at radius 3 is 1.82 bits per heavy atom. The van der Waals surface area contributed by atoms with Gasteiger partial charge in [0.05, 0.1) is 32.6 Å². The number of alkyl halides is 3. The van der Waals surface area contributed by atoms with E-state index in [0.717, 1.165) is 0 Å². The first kappa shape index (κ1) is 25.3. The van der Waals surface area contributed by atoms with Crippen molar-refractivity contribution in [2.24, 2.45) is 0 Å². The van der Waals surface area contributed by atoms with Crippen LogP contribution in [0.5, 0.6) is 5.75 Å². The van der Waals surface area contributed by atoms with E-state index in [1.165, 1.54) is 29.0 Å². The molecule has 2 aromatic rings. The summed E-state index contributed by atoms with van der Waals surface area (Å²) in [6, 6.07) is 3.24. The van der Waals surface area contributed by atoms with Gasteiger partial charge in [0.15, 0.2) is 11.4 Å². The van der Waals surface area contributed by atoms with Crippen LogP contribution in [0, 0.1) is 20.2 Å². The van der Waals surface area contributed by atoms with Gasteiger partial charge in [0, 0.05) is 43.9 Å². The molecule has 1 aliphatic heterocycles. The van der Waals surface area contributed by atoms with E-state index in [1.54, 1.807) is 0 Å². The van der Waals surface area contributed by atoms with Crippen LogP contribution in [0.4, 0.5) is 30.2 Å². The molecule has 0 aliphatic carbocycles. The fraction of sp³-hybridized carbons (Fsp3) is 0.316. The normalized spacial score (nSPS) is 14.2. The van der Waals surface area contributed by atoms with Gasteiger partial charge in [0.2, 0.25) is 0 Å². The number of amides is 1. The molecule has 0 unspecified atom stereocenters. The molecular weight excluding hydrogens is 508 g/mol. The Bertz CT molecular complexity index is 1110. The highest BCUT2D eigenvalue weighted by atomic mass is 35.5. The molecule has 15 heteroatoms. The average molecular weight is 523 g/mol. The monoisotopic (exact) mass is 522 g/mol. The molecular formula is C19H15Cl2F3N4O6. The Kier molecular flexibility index (Phi) is 7.07. The Hall–Kier alpha value is -3.32. The van der Waals surface area contributed by atoms with Crippen molar-refractivity contribution in [3.63, 3.8) is 0 Å². The highest BCUT2D eigenvalue weighted by molar-refractivity contribution is 6.37. The van der Waals surface area contributed by atoms with Crippen molar-refractivity contribution in [2.75, 3.05) is 38.2 Å². The lowest BCUT2D eigenvalue weighted by atomic mass is 10.1. The Morgan fingerprint density at radius 1 is 0.971 bits per heavy atom. The second-order valence-corrected chi connectivity index (χ2v) is 7.94. The van der Waals surface area contributed by atoms with Gasteiger partial charge in [-0.3, -0.25) is 25.0 Å². The fourth-order valence-electron chi connectivity index (χ4n) is 3.56. The van der Waals surface area contributed by atoms with E-state index < -0.39 is 44.6 Å². The predicted octanol–water partition coefficient (Wildman–Crippen LogP) is 4.80. The molecule has 1 amide bonds. The van der Waals surface area contributed by atoms with Gasteiger partial charge >= 0.3 is 6.18 Å². The van der Waals surface area contributed by atoms with Crippen LogP contribution >= 0.6 is 23.2 Å².